The van der Waals surface area contributed by atoms with Crippen LogP contribution in [0.4, 0.5) is 0 Å². The van der Waals surface area contributed by atoms with E-state index in [-0.39, 0.29) is 18.7 Å². The van der Waals surface area contributed by atoms with Crippen LogP contribution in [-0.2, 0) is 16.1 Å². The fourth-order valence-electron chi connectivity index (χ4n) is 3.86. The van der Waals surface area contributed by atoms with E-state index in [9.17, 15) is 9.59 Å². The van der Waals surface area contributed by atoms with E-state index in [0.717, 1.165) is 22.4 Å². The lowest BCUT2D eigenvalue weighted by Gasteiger charge is -2.31. The van der Waals surface area contributed by atoms with Gasteiger partial charge in [-0.1, -0.05) is 72.8 Å². The summed E-state index contributed by atoms with van der Waals surface area (Å²) in [6.45, 7) is 0.582. The summed E-state index contributed by atoms with van der Waals surface area (Å²) < 4.78 is 5.17. The maximum Gasteiger partial charge on any atom is 0.248 e. The summed E-state index contributed by atoms with van der Waals surface area (Å²) >= 11 is 0. The third-order valence-electron chi connectivity index (χ3n) is 5.76. The third kappa shape index (κ3) is 5.86. The molecule has 1 amide bonds. The van der Waals surface area contributed by atoms with Gasteiger partial charge in [0.15, 0.2) is 11.3 Å². The van der Waals surface area contributed by atoms with E-state index in [1.165, 1.54) is 0 Å². The number of benzene rings is 3. The monoisotopic (exact) mass is 445 g/mol. The number of Topliss-reactive ketones (excluding diaryl/α,β-unsaturated/α-hetero) is 1. The lowest BCUT2D eigenvalue weighted by Crippen LogP contribution is -2.61. The molecular formula is C27H31N3O3. The third-order valence-corrected chi connectivity index (χ3v) is 5.76. The Balaban J connectivity index is 1.90. The van der Waals surface area contributed by atoms with E-state index in [1.807, 2.05) is 84.9 Å². The van der Waals surface area contributed by atoms with Gasteiger partial charge >= 0.3 is 0 Å². The van der Waals surface area contributed by atoms with Crippen LogP contribution in [0.1, 0.15) is 35.4 Å². The summed E-state index contributed by atoms with van der Waals surface area (Å²) in [6, 6.07) is 26.2. The molecule has 0 saturated carbocycles. The summed E-state index contributed by atoms with van der Waals surface area (Å²) in [5.41, 5.74) is 13.1. The molecule has 0 aliphatic carbocycles. The number of carbonyl (C=O) groups is 2. The standard InChI is InChI=1S/C27H31N3O3/c1-33-23-15-13-20(14-16-23)19-30-26(32)27(29,17-8-18-28)25(31)24(21-9-4-2-5-10-21)22-11-6-3-7-12-22/h2-7,9-16,24H,8,17-19,28-29H2,1H3,(H,30,32)/t27-/m1/s1. The minimum atomic E-state index is -1.72. The Labute approximate surface area is 194 Å². The van der Waals surface area contributed by atoms with E-state index in [1.54, 1.807) is 7.11 Å². The lowest BCUT2D eigenvalue weighted by molar-refractivity contribution is -0.136. The van der Waals surface area contributed by atoms with Crippen molar-refractivity contribution in [2.75, 3.05) is 13.7 Å². The number of hydrogen-bond acceptors (Lipinski definition) is 5. The van der Waals surface area contributed by atoms with Gasteiger partial charge in [0, 0.05) is 6.54 Å². The van der Waals surface area contributed by atoms with Crippen LogP contribution in [0.5, 0.6) is 5.75 Å². The minimum absolute atomic E-state index is 0.160. The number of carbonyl (C=O) groups excluding carboxylic acids is 2. The van der Waals surface area contributed by atoms with E-state index in [2.05, 4.69) is 5.32 Å². The summed E-state index contributed by atoms with van der Waals surface area (Å²) in [4.78, 5) is 27.3. The lowest BCUT2D eigenvalue weighted by atomic mass is 9.76. The van der Waals surface area contributed by atoms with Gasteiger partial charge in [0.2, 0.25) is 5.91 Å². The maximum atomic E-state index is 14.0. The van der Waals surface area contributed by atoms with Crippen molar-refractivity contribution in [2.45, 2.75) is 30.8 Å². The highest BCUT2D eigenvalue weighted by Gasteiger charge is 2.45. The molecule has 0 aromatic heterocycles. The van der Waals surface area contributed by atoms with Gasteiger partial charge in [-0.15, -0.1) is 0 Å². The predicted molar refractivity (Wildman–Crippen MR) is 130 cm³/mol. The van der Waals surface area contributed by atoms with Crippen molar-refractivity contribution < 1.29 is 14.3 Å². The van der Waals surface area contributed by atoms with Crippen molar-refractivity contribution in [3.63, 3.8) is 0 Å². The molecule has 0 unspecified atom stereocenters. The zero-order valence-electron chi connectivity index (χ0n) is 18.9. The molecule has 0 radical (unpaired) electrons. The second kappa shape index (κ2) is 11.4. The molecule has 1 atom stereocenters. The maximum absolute atomic E-state index is 14.0. The summed E-state index contributed by atoms with van der Waals surface area (Å²) in [6.07, 6.45) is 0.613. The molecule has 6 heteroatoms. The van der Waals surface area contributed by atoms with Crippen molar-refractivity contribution in [1.82, 2.24) is 5.32 Å². The molecule has 0 saturated heterocycles. The van der Waals surface area contributed by atoms with Gasteiger partial charge in [0.05, 0.1) is 13.0 Å². The molecule has 3 rings (SSSR count). The Bertz CT molecular complexity index is 1000. The summed E-state index contributed by atoms with van der Waals surface area (Å²) in [7, 11) is 1.60. The fourth-order valence-corrected chi connectivity index (χ4v) is 3.86. The van der Waals surface area contributed by atoms with Crippen molar-refractivity contribution in [3.05, 3.63) is 102 Å². The van der Waals surface area contributed by atoms with Crippen molar-refractivity contribution in [3.8, 4) is 5.75 Å². The quantitative estimate of drug-likeness (QED) is 0.393. The first kappa shape index (κ1) is 24.2. The fraction of sp³-hybridized carbons (Fsp3) is 0.259. The van der Waals surface area contributed by atoms with Crippen LogP contribution in [0.15, 0.2) is 84.9 Å². The van der Waals surface area contributed by atoms with Gasteiger partial charge in [-0.3, -0.25) is 9.59 Å². The number of methoxy groups -OCH3 is 1. The molecule has 0 spiro atoms. The molecule has 172 valence electrons. The summed E-state index contributed by atoms with van der Waals surface area (Å²) in [5, 5.41) is 2.86. The number of rotatable bonds is 11. The molecule has 33 heavy (non-hydrogen) atoms. The zero-order valence-corrected chi connectivity index (χ0v) is 18.9. The number of ether oxygens (including phenoxy) is 1. The molecule has 3 aromatic rings. The van der Waals surface area contributed by atoms with E-state index < -0.39 is 17.4 Å². The van der Waals surface area contributed by atoms with Gasteiger partial charge in [-0.05, 0) is 48.2 Å². The SMILES string of the molecule is COc1ccc(CNC(=O)[C@@](N)(CCCN)C(=O)C(c2ccccc2)c2ccccc2)cc1. The first-order valence-corrected chi connectivity index (χ1v) is 11.0. The van der Waals surface area contributed by atoms with Crippen LogP contribution in [0.25, 0.3) is 0 Å². The van der Waals surface area contributed by atoms with Gasteiger partial charge in [-0.25, -0.2) is 0 Å². The number of nitrogens with one attached hydrogen (secondary N) is 1. The smallest absolute Gasteiger partial charge is 0.248 e. The summed E-state index contributed by atoms with van der Waals surface area (Å²) in [5.74, 6) is -0.791. The van der Waals surface area contributed by atoms with Crippen LogP contribution in [0, 0.1) is 0 Å². The van der Waals surface area contributed by atoms with Crippen molar-refractivity contribution in [1.29, 1.82) is 0 Å². The highest BCUT2D eigenvalue weighted by atomic mass is 16.5. The van der Waals surface area contributed by atoms with Gasteiger partial charge < -0.3 is 21.5 Å². The van der Waals surface area contributed by atoms with Crippen LogP contribution < -0.4 is 21.5 Å². The molecule has 3 aromatic carbocycles. The number of amides is 1. The number of hydrogen-bond donors (Lipinski definition) is 3. The zero-order chi connectivity index (χ0) is 23.7. The Hall–Kier alpha value is -3.48. The molecule has 0 bridgehead atoms. The molecule has 0 fully saturated rings. The molecule has 0 aliphatic heterocycles. The molecular weight excluding hydrogens is 414 g/mol. The highest BCUT2D eigenvalue weighted by molar-refractivity contribution is 6.13. The number of nitrogens with two attached hydrogens (primary N) is 2. The molecule has 0 heterocycles. The van der Waals surface area contributed by atoms with Crippen LogP contribution in [0.3, 0.4) is 0 Å². The second-order valence-corrected chi connectivity index (χ2v) is 8.01. The first-order chi connectivity index (χ1) is 16.0. The van der Waals surface area contributed by atoms with Gasteiger partial charge in [-0.2, -0.15) is 0 Å². The van der Waals surface area contributed by atoms with Crippen molar-refractivity contribution >= 4 is 11.7 Å². The normalized spacial score (nSPS) is 12.7. The van der Waals surface area contributed by atoms with Crippen LogP contribution in [-0.4, -0.2) is 30.9 Å². The first-order valence-electron chi connectivity index (χ1n) is 11.0. The second-order valence-electron chi connectivity index (χ2n) is 8.01. The van der Waals surface area contributed by atoms with Crippen LogP contribution >= 0.6 is 0 Å². The van der Waals surface area contributed by atoms with E-state index in [4.69, 9.17) is 16.2 Å². The molecule has 0 aliphatic rings. The van der Waals surface area contributed by atoms with E-state index >= 15 is 0 Å². The van der Waals surface area contributed by atoms with Crippen molar-refractivity contribution in [2.24, 2.45) is 11.5 Å². The Morgan fingerprint density at radius 1 is 0.909 bits per heavy atom. The average molecular weight is 446 g/mol. The predicted octanol–water partition coefficient (Wildman–Crippen LogP) is 3.15. The van der Waals surface area contributed by atoms with Gasteiger partial charge in [0.25, 0.3) is 0 Å². The Morgan fingerprint density at radius 2 is 1.45 bits per heavy atom. The Kier molecular flexibility index (Phi) is 8.35. The van der Waals surface area contributed by atoms with E-state index in [0.29, 0.717) is 13.0 Å². The largest absolute Gasteiger partial charge is 0.497 e. The molecule has 5 N–H and O–H groups in total. The number of ketones is 1. The van der Waals surface area contributed by atoms with Crippen LogP contribution in [0.2, 0.25) is 0 Å². The minimum Gasteiger partial charge on any atom is -0.497 e. The topological polar surface area (TPSA) is 107 Å². The Morgan fingerprint density at radius 3 is 1.94 bits per heavy atom. The average Bonchev–Trinajstić information content (AvgIpc) is 2.87. The molecule has 6 nitrogen and oxygen atoms in total. The van der Waals surface area contributed by atoms with Gasteiger partial charge in [0.1, 0.15) is 5.75 Å². The highest BCUT2D eigenvalue weighted by Crippen LogP contribution is 2.31.